The van der Waals surface area contributed by atoms with Crippen LogP contribution in [-0.2, 0) is 21.4 Å². The van der Waals surface area contributed by atoms with E-state index in [4.69, 9.17) is 5.11 Å². The number of carbonyl (C=O) groups is 1. The van der Waals surface area contributed by atoms with Crippen LogP contribution in [0.1, 0.15) is 5.56 Å². The Balaban J connectivity index is 2.80. The lowest BCUT2D eigenvalue weighted by molar-refractivity contribution is -0.138. The van der Waals surface area contributed by atoms with Gasteiger partial charge >= 0.3 is 5.97 Å². The van der Waals surface area contributed by atoms with Crippen LogP contribution in [0.5, 0.6) is 0 Å². The normalized spacial score (nSPS) is 12.1. The number of carboxylic acids is 1. The molecule has 1 aromatic rings. The monoisotopic (exact) mass is 286 g/mol. The van der Waals surface area contributed by atoms with Crippen molar-refractivity contribution in [2.24, 2.45) is 0 Å². The lowest BCUT2D eigenvalue weighted by Crippen LogP contribution is -2.25. The summed E-state index contributed by atoms with van der Waals surface area (Å²) in [6, 6.07) is 6.43. The molecule has 0 saturated carbocycles. The molecule has 0 heterocycles. The summed E-state index contributed by atoms with van der Waals surface area (Å²) < 4.78 is 24.8. The van der Waals surface area contributed by atoms with Crippen molar-refractivity contribution in [2.45, 2.75) is 11.4 Å². The largest absolute Gasteiger partial charge is 0.480 e. The van der Waals surface area contributed by atoms with Crippen molar-refractivity contribution in [3.8, 4) is 0 Å². The van der Waals surface area contributed by atoms with Crippen LogP contribution in [0.2, 0.25) is 0 Å². The fourth-order valence-corrected chi connectivity index (χ4v) is 2.48. The van der Waals surface area contributed by atoms with Crippen LogP contribution in [0, 0.1) is 0 Å². The minimum Gasteiger partial charge on any atom is -0.480 e. The molecule has 6 nitrogen and oxygen atoms in total. The number of sulfonamides is 1. The van der Waals surface area contributed by atoms with Crippen molar-refractivity contribution in [3.63, 3.8) is 0 Å². The fraction of sp³-hybridized carbons (Fsp3) is 0.417. The van der Waals surface area contributed by atoms with Crippen LogP contribution in [0.3, 0.4) is 0 Å². The fourth-order valence-electron chi connectivity index (χ4n) is 1.58. The van der Waals surface area contributed by atoms with Crippen LogP contribution < -0.4 is 0 Å². The van der Waals surface area contributed by atoms with Gasteiger partial charge in [0.2, 0.25) is 10.0 Å². The van der Waals surface area contributed by atoms with E-state index in [9.17, 15) is 13.2 Å². The molecule has 0 aliphatic rings. The number of aliphatic carboxylic acids is 1. The molecule has 1 rings (SSSR count). The number of hydrogen-bond donors (Lipinski definition) is 1. The van der Waals surface area contributed by atoms with E-state index >= 15 is 0 Å². The Kier molecular flexibility index (Phi) is 5.04. The molecule has 1 N–H and O–H groups in total. The molecule has 1 aromatic carbocycles. The Hall–Kier alpha value is -1.44. The van der Waals surface area contributed by atoms with E-state index in [0.29, 0.717) is 6.54 Å². The quantitative estimate of drug-likeness (QED) is 0.821. The summed E-state index contributed by atoms with van der Waals surface area (Å²) >= 11 is 0. The number of carboxylic acid groups (broad SMARTS) is 1. The molecule has 0 unspecified atom stereocenters. The first-order valence-corrected chi connectivity index (χ1v) is 7.09. The second-order valence-electron chi connectivity index (χ2n) is 4.50. The van der Waals surface area contributed by atoms with Crippen LogP contribution in [-0.4, -0.2) is 56.4 Å². The molecular formula is C12H18N2O4S. The average molecular weight is 286 g/mol. The lowest BCUT2D eigenvalue weighted by Gasteiger charge is -2.15. The molecule has 0 bridgehead atoms. The predicted molar refractivity (Wildman–Crippen MR) is 71.3 cm³/mol. The third kappa shape index (κ3) is 4.30. The van der Waals surface area contributed by atoms with E-state index in [2.05, 4.69) is 0 Å². The first-order valence-electron chi connectivity index (χ1n) is 5.65. The van der Waals surface area contributed by atoms with Gasteiger partial charge < -0.3 is 5.11 Å². The Bertz CT molecular complexity index is 537. The van der Waals surface area contributed by atoms with E-state index < -0.39 is 16.0 Å². The number of nitrogens with zero attached hydrogens (tertiary/aromatic N) is 2. The maximum Gasteiger partial charge on any atom is 0.317 e. The molecule has 0 aliphatic heterocycles. The first kappa shape index (κ1) is 15.6. The highest BCUT2D eigenvalue weighted by molar-refractivity contribution is 7.89. The highest BCUT2D eigenvalue weighted by Gasteiger charge is 2.16. The smallest absolute Gasteiger partial charge is 0.317 e. The Morgan fingerprint density at radius 2 is 1.68 bits per heavy atom. The van der Waals surface area contributed by atoms with Gasteiger partial charge in [0.25, 0.3) is 0 Å². The van der Waals surface area contributed by atoms with Crippen LogP contribution in [0.15, 0.2) is 29.2 Å². The molecule has 0 aromatic heterocycles. The molecule has 0 atom stereocenters. The molecule has 106 valence electrons. The maximum atomic E-state index is 11.8. The van der Waals surface area contributed by atoms with Crippen molar-refractivity contribution >= 4 is 16.0 Å². The second-order valence-corrected chi connectivity index (χ2v) is 6.65. The molecule has 0 fully saturated rings. The molecule has 0 aliphatic carbocycles. The summed E-state index contributed by atoms with van der Waals surface area (Å²) in [6.07, 6.45) is 0. The number of likely N-dealkylation sites (N-methyl/N-ethyl adjacent to an activating group) is 1. The third-order valence-electron chi connectivity index (χ3n) is 2.56. The molecule has 7 heteroatoms. The molecule has 0 saturated heterocycles. The van der Waals surface area contributed by atoms with Gasteiger partial charge in [-0.15, -0.1) is 0 Å². The van der Waals surface area contributed by atoms with Crippen molar-refractivity contribution in [2.75, 3.05) is 27.7 Å². The van der Waals surface area contributed by atoms with Crippen LogP contribution in [0.4, 0.5) is 0 Å². The number of benzene rings is 1. The number of rotatable bonds is 6. The van der Waals surface area contributed by atoms with Crippen LogP contribution >= 0.6 is 0 Å². The molecular weight excluding hydrogens is 268 g/mol. The van der Waals surface area contributed by atoms with Gasteiger partial charge in [-0.2, -0.15) is 0 Å². The van der Waals surface area contributed by atoms with E-state index in [1.807, 2.05) is 0 Å². The minimum atomic E-state index is -3.42. The summed E-state index contributed by atoms with van der Waals surface area (Å²) in [5, 5.41) is 8.65. The van der Waals surface area contributed by atoms with Gasteiger partial charge in [0.15, 0.2) is 0 Å². The van der Waals surface area contributed by atoms with E-state index in [-0.39, 0.29) is 11.4 Å². The van der Waals surface area contributed by atoms with Gasteiger partial charge in [0.1, 0.15) is 0 Å². The Labute approximate surface area is 113 Å². The summed E-state index contributed by atoms with van der Waals surface area (Å²) in [6.45, 7) is 0.395. The lowest BCUT2D eigenvalue weighted by atomic mass is 10.2. The molecule has 0 spiro atoms. The zero-order chi connectivity index (χ0) is 14.6. The van der Waals surface area contributed by atoms with Gasteiger partial charge in [-0.1, -0.05) is 12.1 Å². The third-order valence-corrected chi connectivity index (χ3v) is 4.39. The topological polar surface area (TPSA) is 77.9 Å². The van der Waals surface area contributed by atoms with Crippen LogP contribution in [0.25, 0.3) is 0 Å². The van der Waals surface area contributed by atoms with Crippen molar-refractivity contribution in [3.05, 3.63) is 29.8 Å². The van der Waals surface area contributed by atoms with Crippen molar-refractivity contribution in [1.82, 2.24) is 9.21 Å². The predicted octanol–water partition coefficient (Wildman–Crippen LogP) is 0.453. The van der Waals surface area contributed by atoms with E-state index in [1.165, 1.54) is 26.2 Å². The zero-order valence-electron chi connectivity index (χ0n) is 11.2. The van der Waals surface area contributed by atoms with Gasteiger partial charge in [0, 0.05) is 20.6 Å². The summed E-state index contributed by atoms with van der Waals surface area (Å²) in [7, 11) is 1.23. The van der Waals surface area contributed by atoms with Crippen molar-refractivity contribution in [1.29, 1.82) is 0 Å². The maximum absolute atomic E-state index is 11.8. The molecule has 0 amide bonds. The molecule has 19 heavy (non-hydrogen) atoms. The first-order chi connectivity index (χ1) is 8.73. The van der Waals surface area contributed by atoms with E-state index in [1.54, 1.807) is 24.1 Å². The Morgan fingerprint density at radius 1 is 1.16 bits per heavy atom. The minimum absolute atomic E-state index is 0.0578. The SMILES string of the molecule is CN(CC(=O)O)Cc1ccc(S(=O)(=O)N(C)C)cc1. The standard InChI is InChI=1S/C12H18N2O4S/c1-13(2)19(17,18)11-6-4-10(5-7-11)8-14(3)9-12(15)16/h4-7H,8-9H2,1-3H3,(H,15,16). The van der Waals surface area contributed by atoms with E-state index in [0.717, 1.165) is 9.87 Å². The second kappa shape index (κ2) is 6.14. The summed E-state index contributed by atoms with van der Waals surface area (Å²) in [5.41, 5.74) is 0.862. The Morgan fingerprint density at radius 3 is 2.11 bits per heavy atom. The van der Waals surface area contributed by atoms with Gasteiger partial charge in [-0.05, 0) is 24.7 Å². The molecule has 0 radical (unpaired) electrons. The highest BCUT2D eigenvalue weighted by Crippen LogP contribution is 2.14. The number of hydrogen-bond acceptors (Lipinski definition) is 4. The zero-order valence-corrected chi connectivity index (χ0v) is 12.0. The van der Waals surface area contributed by atoms with Gasteiger partial charge in [-0.25, -0.2) is 12.7 Å². The average Bonchev–Trinajstić information content (AvgIpc) is 2.28. The van der Waals surface area contributed by atoms with Crippen molar-refractivity contribution < 1.29 is 18.3 Å². The van der Waals surface area contributed by atoms with Gasteiger partial charge in [-0.3, -0.25) is 9.69 Å². The summed E-state index contributed by atoms with van der Waals surface area (Å²) in [4.78, 5) is 12.4. The van der Waals surface area contributed by atoms with Gasteiger partial charge in [0.05, 0.1) is 11.4 Å². The highest BCUT2D eigenvalue weighted by atomic mass is 32.2. The summed E-state index contributed by atoms with van der Waals surface area (Å²) in [5.74, 6) is -0.894.